The van der Waals surface area contributed by atoms with Crippen molar-refractivity contribution in [3.8, 4) is 5.75 Å². The second kappa shape index (κ2) is 6.56. The molecule has 1 amide bonds. The van der Waals surface area contributed by atoms with E-state index in [1.807, 2.05) is 30.3 Å². The monoisotopic (exact) mass is 322 g/mol. The van der Waals surface area contributed by atoms with Crippen LogP contribution in [0.1, 0.15) is 32.1 Å². The van der Waals surface area contributed by atoms with Gasteiger partial charge in [-0.15, -0.1) is 0 Å². The first-order valence-electron chi connectivity index (χ1n) is 8.72. The molecule has 3 aromatic rings. The first kappa shape index (κ1) is 15.1. The molecule has 4 nitrogen and oxygen atoms in total. The summed E-state index contributed by atoms with van der Waals surface area (Å²) < 4.78 is 5.68. The molecule has 1 aromatic heterocycles. The Bertz CT molecular complexity index is 862. The van der Waals surface area contributed by atoms with Crippen LogP contribution in [0.25, 0.3) is 21.8 Å². The zero-order valence-corrected chi connectivity index (χ0v) is 13.7. The van der Waals surface area contributed by atoms with Crippen LogP contribution in [0.15, 0.2) is 42.5 Å². The van der Waals surface area contributed by atoms with Crippen molar-refractivity contribution in [3.05, 3.63) is 42.5 Å². The molecule has 0 aliphatic heterocycles. The molecule has 1 aliphatic carbocycles. The van der Waals surface area contributed by atoms with E-state index in [0.29, 0.717) is 11.8 Å². The number of para-hydroxylation sites is 1. The number of H-pyrrole nitrogens is 1. The molecule has 24 heavy (non-hydrogen) atoms. The van der Waals surface area contributed by atoms with Gasteiger partial charge in [0.05, 0.1) is 5.52 Å². The molecule has 4 rings (SSSR count). The Balaban J connectivity index is 1.42. The van der Waals surface area contributed by atoms with Crippen LogP contribution >= 0.6 is 0 Å². The highest BCUT2D eigenvalue weighted by Crippen LogP contribution is 2.28. The van der Waals surface area contributed by atoms with Crippen molar-refractivity contribution in [2.75, 3.05) is 6.61 Å². The Labute approximate surface area is 141 Å². The molecule has 124 valence electrons. The van der Waals surface area contributed by atoms with E-state index in [1.165, 1.54) is 30.0 Å². The number of amides is 1. The van der Waals surface area contributed by atoms with E-state index < -0.39 is 0 Å². The second-order valence-corrected chi connectivity index (χ2v) is 6.57. The smallest absolute Gasteiger partial charge is 0.258 e. The summed E-state index contributed by atoms with van der Waals surface area (Å²) in [5.74, 6) is 0.687. The van der Waals surface area contributed by atoms with Crippen molar-refractivity contribution in [3.63, 3.8) is 0 Å². The summed E-state index contributed by atoms with van der Waals surface area (Å²) in [5, 5.41) is 5.45. The maximum Gasteiger partial charge on any atom is 0.258 e. The molecule has 0 radical (unpaired) electrons. The topological polar surface area (TPSA) is 54.1 Å². The number of fused-ring (bicyclic) bond motifs is 3. The number of ether oxygens (including phenoxy) is 1. The Morgan fingerprint density at radius 1 is 1.04 bits per heavy atom. The fourth-order valence-corrected chi connectivity index (χ4v) is 3.59. The second-order valence-electron chi connectivity index (χ2n) is 6.57. The van der Waals surface area contributed by atoms with Crippen LogP contribution in [-0.4, -0.2) is 23.5 Å². The van der Waals surface area contributed by atoms with E-state index in [-0.39, 0.29) is 12.5 Å². The van der Waals surface area contributed by atoms with E-state index in [0.717, 1.165) is 23.9 Å². The SMILES string of the molecule is O=C(COc1ccc2c(c1)[nH]c1ccccc12)NC1CCCCC1. The van der Waals surface area contributed by atoms with Gasteiger partial charge in [-0.3, -0.25) is 4.79 Å². The first-order chi connectivity index (χ1) is 11.8. The Hall–Kier alpha value is -2.49. The number of aromatic amines is 1. The van der Waals surface area contributed by atoms with Gasteiger partial charge >= 0.3 is 0 Å². The lowest BCUT2D eigenvalue weighted by Crippen LogP contribution is -2.38. The minimum Gasteiger partial charge on any atom is -0.484 e. The van der Waals surface area contributed by atoms with Gasteiger partial charge in [0.2, 0.25) is 0 Å². The summed E-state index contributed by atoms with van der Waals surface area (Å²) in [6.45, 7) is 0.0717. The molecule has 0 unspecified atom stereocenters. The molecule has 2 N–H and O–H groups in total. The molecule has 1 aliphatic rings. The highest BCUT2D eigenvalue weighted by Gasteiger charge is 2.16. The van der Waals surface area contributed by atoms with Crippen molar-refractivity contribution >= 4 is 27.7 Å². The Morgan fingerprint density at radius 3 is 2.71 bits per heavy atom. The summed E-state index contributed by atoms with van der Waals surface area (Å²) >= 11 is 0. The molecule has 4 heteroatoms. The fraction of sp³-hybridized carbons (Fsp3) is 0.350. The van der Waals surface area contributed by atoms with Crippen molar-refractivity contribution in [1.29, 1.82) is 0 Å². The van der Waals surface area contributed by atoms with E-state index in [1.54, 1.807) is 0 Å². The average molecular weight is 322 g/mol. The first-order valence-corrected chi connectivity index (χ1v) is 8.72. The van der Waals surface area contributed by atoms with E-state index >= 15 is 0 Å². The number of hydrogen-bond acceptors (Lipinski definition) is 2. The number of carbonyl (C=O) groups is 1. The average Bonchev–Trinajstić information content (AvgIpc) is 2.98. The molecular formula is C20H22N2O2. The molecule has 0 bridgehead atoms. The van der Waals surface area contributed by atoms with Gasteiger partial charge in [0.1, 0.15) is 5.75 Å². The van der Waals surface area contributed by atoms with Gasteiger partial charge in [-0.1, -0.05) is 37.5 Å². The van der Waals surface area contributed by atoms with Crippen molar-refractivity contribution < 1.29 is 9.53 Å². The standard InChI is InChI=1S/C20H22N2O2/c23-20(21-14-6-2-1-3-7-14)13-24-15-10-11-17-16-8-4-5-9-18(16)22-19(17)12-15/h4-5,8-12,14,22H,1-3,6-7,13H2,(H,21,23). The number of nitrogens with one attached hydrogen (secondary N) is 2. The summed E-state index contributed by atoms with van der Waals surface area (Å²) in [7, 11) is 0. The largest absolute Gasteiger partial charge is 0.484 e. The van der Waals surface area contributed by atoms with E-state index in [2.05, 4.69) is 22.4 Å². The van der Waals surface area contributed by atoms with Gasteiger partial charge < -0.3 is 15.0 Å². The predicted molar refractivity (Wildman–Crippen MR) is 96.3 cm³/mol. The normalized spacial score (nSPS) is 15.7. The summed E-state index contributed by atoms with van der Waals surface area (Å²) in [5.41, 5.74) is 2.14. The molecular weight excluding hydrogens is 300 g/mol. The van der Waals surface area contributed by atoms with Crippen LogP contribution in [0.3, 0.4) is 0 Å². The number of hydrogen-bond donors (Lipinski definition) is 2. The molecule has 1 fully saturated rings. The van der Waals surface area contributed by atoms with Crippen molar-refractivity contribution in [2.45, 2.75) is 38.1 Å². The molecule has 0 spiro atoms. The third-order valence-corrected chi connectivity index (χ3v) is 4.82. The Kier molecular flexibility index (Phi) is 4.11. The van der Waals surface area contributed by atoms with Crippen LogP contribution in [0, 0.1) is 0 Å². The molecule has 2 aromatic carbocycles. The summed E-state index contributed by atoms with van der Waals surface area (Å²) in [6, 6.07) is 14.5. The lowest BCUT2D eigenvalue weighted by molar-refractivity contribution is -0.124. The molecule has 0 atom stereocenters. The maximum absolute atomic E-state index is 12.0. The maximum atomic E-state index is 12.0. The quantitative estimate of drug-likeness (QED) is 0.758. The molecule has 1 heterocycles. The third-order valence-electron chi connectivity index (χ3n) is 4.82. The highest BCUT2D eigenvalue weighted by molar-refractivity contribution is 6.07. The Morgan fingerprint density at radius 2 is 1.83 bits per heavy atom. The lowest BCUT2D eigenvalue weighted by atomic mass is 9.95. The third kappa shape index (κ3) is 3.09. The molecule has 0 saturated heterocycles. The summed E-state index contributed by atoms with van der Waals surface area (Å²) in [4.78, 5) is 15.4. The predicted octanol–water partition coefficient (Wildman–Crippen LogP) is 4.15. The van der Waals surface area contributed by atoms with Gasteiger partial charge in [0, 0.05) is 28.4 Å². The van der Waals surface area contributed by atoms with E-state index in [9.17, 15) is 4.79 Å². The number of aromatic nitrogens is 1. The van der Waals surface area contributed by atoms with Gasteiger partial charge in [-0.2, -0.15) is 0 Å². The van der Waals surface area contributed by atoms with Gasteiger partial charge in [-0.25, -0.2) is 0 Å². The fourth-order valence-electron chi connectivity index (χ4n) is 3.59. The van der Waals surface area contributed by atoms with Crippen LogP contribution in [0.4, 0.5) is 0 Å². The highest BCUT2D eigenvalue weighted by atomic mass is 16.5. The van der Waals surface area contributed by atoms with E-state index in [4.69, 9.17) is 4.74 Å². The number of rotatable bonds is 4. The van der Waals surface area contributed by atoms with Crippen molar-refractivity contribution in [2.24, 2.45) is 0 Å². The number of carbonyl (C=O) groups excluding carboxylic acids is 1. The van der Waals surface area contributed by atoms with Crippen LogP contribution in [0.5, 0.6) is 5.75 Å². The zero-order chi connectivity index (χ0) is 16.4. The van der Waals surface area contributed by atoms with Crippen molar-refractivity contribution in [1.82, 2.24) is 10.3 Å². The van der Waals surface area contributed by atoms with Crippen LogP contribution in [0.2, 0.25) is 0 Å². The lowest BCUT2D eigenvalue weighted by Gasteiger charge is -2.22. The van der Waals surface area contributed by atoms with Gasteiger partial charge in [0.25, 0.3) is 5.91 Å². The van der Waals surface area contributed by atoms with Gasteiger partial charge in [0.15, 0.2) is 6.61 Å². The zero-order valence-electron chi connectivity index (χ0n) is 13.7. The molecule has 1 saturated carbocycles. The van der Waals surface area contributed by atoms with Crippen LogP contribution < -0.4 is 10.1 Å². The van der Waals surface area contributed by atoms with Crippen LogP contribution in [-0.2, 0) is 4.79 Å². The van der Waals surface area contributed by atoms with Gasteiger partial charge in [-0.05, 0) is 31.0 Å². The summed E-state index contributed by atoms with van der Waals surface area (Å²) in [6.07, 6.45) is 5.89. The minimum absolute atomic E-state index is 0.0290. The number of benzene rings is 2. The minimum atomic E-state index is -0.0290.